The van der Waals surface area contributed by atoms with Gasteiger partial charge in [0.05, 0.1) is 12.7 Å². The third kappa shape index (κ3) is 4.48. The summed E-state index contributed by atoms with van der Waals surface area (Å²) in [7, 11) is 0. The molecule has 0 bridgehead atoms. The zero-order valence-corrected chi connectivity index (χ0v) is 12.6. The summed E-state index contributed by atoms with van der Waals surface area (Å²) in [6.45, 7) is 6.31. The Morgan fingerprint density at radius 2 is 2.32 bits per heavy atom. The molecule has 0 spiro atoms. The van der Waals surface area contributed by atoms with E-state index in [9.17, 15) is 0 Å². The van der Waals surface area contributed by atoms with E-state index >= 15 is 0 Å². The molecule has 1 heterocycles. The standard InChI is InChI=1S/C16H24ClNO/c1-3-7-18-16(14-8-12(2)19-11-14)10-13-5-4-6-15(17)9-13/h4-6,9,12,14,16,18H,3,7-8,10-11H2,1-2H3. The van der Waals surface area contributed by atoms with Gasteiger partial charge in [0.25, 0.3) is 0 Å². The van der Waals surface area contributed by atoms with Crippen molar-refractivity contribution in [2.45, 2.75) is 45.3 Å². The van der Waals surface area contributed by atoms with Crippen LogP contribution < -0.4 is 5.32 Å². The fourth-order valence-corrected chi connectivity index (χ4v) is 3.00. The van der Waals surface area contributed by atoms with Gasteiger partial charge in [0.15, 0.2) is 0 Å². The van der Waals surface area contributed by atoms with Gasteiger partial charge in [0.1, 0.15) is 0 Å². The molecule has 2 nitrogen and oxygen atoms in total. The number of halogens is 1. The maximum Gasteiger partial charge on any atom is 0.0551 e. The molecule has 0 saturated carbocycles. The Morgan fingerprint density at radius 1 is 1.47 bits per heavy atom. The second-order valence-corrected chi connectivity index (χ2v) is 5.97. The van der Waals surface area contributed by atoms with Gasteiger partial charge in [0, 0.05) is 17.0 Å². The van der Waals surface area contributed by atoms with Gasteiger partial charge in [-0.15, -0.1) is 0 Å². The number of nitrogens with one attached hydrogen (secondary N) is 1. The van der Waals surface area contributed by atoms with Gasteiger partial charge in [0.2, 0.25) is 0 Å². The highest BCUT2D eigenvalue weighted by Gasteiger charge is 2.29. The van der Waals surface area contributed by atoms with E-state index in [-0.39, 0.29) is 0 Å². The molecule has 1 fully saturated rings. The third-order valence-electron chi connectivity index (χ3n) is 3.80. The molecule has 106 valence electrons. The van der Waals surface area contributed by atoms with Crippen molar-refractivity contribution in [2.24, 2.45) is 5.92 Å². The summed E-state index contributed by atoms with van der Waals surface area (Å²) < 4.78 is 5.72. The quantitative estimate of drug-likeness (QED) is 0.859. The van der Waals surface area contributed by atoms with E-state index < -0.39 is 0 Å². The highest BCUT2D eigenvalue weighted by molar-refractivity contribution is 6.30. The number of benzene rings is 1. The van der Waals surface area contributed by atoms with E-state index in [0.29, 0.717) is 18.1 Å². The SMILES string of the molecule is CCCNC(Cc1cccc(Cl)c1)C1COC(C)C1. The van der Waals surface area contributed by atoms with Crippen molar-refractivity contribution in [3.8, 4) is 0 Å². The third-order valence-corrected chi connectivity index (χ3v) is 4.03. The lowest BCUT2D eigenvalue weighted by atomic mass is 9.91. The summed E-state index contributed by atoms with van der Waals surface area (Å²) in [6, 6.07) is 8.68. The van der Waals surface area contributed by atoms with Crippen LogP contribution in [-0.2, 0) is 11.2 Å². The van der Waals surface area contributed by atoms with Crippen LogP contribution in [0.4, 0.5) is 0 Å². The maximum atomic E-state index is 6.07. The van der Waals surface area contributed by atoms with Gasteiger partial charge >= 0.3 is 0 Å². The van der Waals surface area contributed by atoms with Crippen LogP contribution in [0.15, 0.2) is 24.3 Å². The Kier molecular flexibility index (Phi) is 5.68. The van der Waals surface area contributed by atoms with Gasteiger partial charge in [-0.25, -0.2) is 0 Å². The summed E-state index contributed by atoms with van der Waals surface area (Å²) in [5.74, 6) is 0.612. The van der Waals surface area contributed by atoms with Crippen LogP contribution in [0.3, 0.4) is 0 Å². The predicted molar refractivity (Wildman–Crippen MR) is 80.8 cm³/mol. The molecule has 2 rings (SSSR count). The average Bonchev–Trinajstić information content (AvgIpc) is 2.81. The number of hydrogen-bond donors (Lipinski definition) is 1. The lowest BCUT2D eigenvalue weighted by Gasteiger charge is -2.24. The van der Waals surface area contributed by atoms with Crippen molar-refractivity contribution >= 4 is 11.6 Å². The van der Waals surface area contributed by atoms with Crippen molar-refractivity contribution in [1.82, 2.24) is 5.32 Å². The van der Waals surface area contributed by atoms with Gasteiger partial charge in [-0.3, -0.25) is 0 Å². The van der Waals surface area contributed by atoms with Crippen LogP contribution in [0.25, 0.3) is 0 Å². The average molecular weight is 282 g/mol. The van der Waals surface area contributed by atoms with E-state index in [1.54, 1.807) is 0 Å². The minimum atomic E-state index is 0.398. The first-order valence-corrected chi connectivity index (χ1v) is 7.66. The van der Waals surface area contributed by atoms with Crippen molar-refractivity contribution in [3.05, 3.63) is 34.9 Å². The summed E-state index contributed by atoms with van der Waals surface area (Å²) >= 11 is 6.07. The summed E-state index contributed by atoms with van der Waals surface area (Å²) in [4.78, 5) is 0. The van der Waals surface area contributed by atoms with Gasteiger partial charge < -0.3 is 10.1 Å². The molecular formula is C16H24ClNO. The predicted octanol–water partition coefficient (Wildman–Crippen LogP) is 3.68. The Bertz CT molecular complexity index is 396. The zero-order valence-electron chi connectivity index (χ0n) is 11.9. The van der Waals surface area contributed by atoms with Crippen LogP contribution in [0.2, 0.25) is 5.02 Å². The molecule has 19 heavy (non-hydrogen) atoms. The molecule has 0 radical (unpaired) electrons. The topological polar surface area (TPSA) is 21.3 Å². The molecule has 1 aliphatic heterocycles. The molecule has 1 saturated heterocycles. The number of hydrogen-bond acceptors (Lipinski definition) is 2. The van der Waals surface area contributed by atoms with Crippen molar-refractivity contribution in [2.75, 3.05) is 13.2 Å². The second kappa shape index (κ2) is 7.28. The molecule has 0 amide bonds. The molecule has 3 heteroatoms. The Morgan fingerprint density at radius 3 is 2.95 bits per heavy atom. The molecule has 0 aliphatic carbocycles. The normalized spacial score (nSPS) is 24.6. The first-order valence-electron chi connectivity index (χ1n) is 7.28. The number of ether oxygens (including phenoxy) is 1. The zero-order chi connectivity index (χ0) is 13.7. The molecule has 3 unspecified atom stereocenters. The van der Waals surface area contributed by atoms with E-state index in [4.69, 9.17) is 16.3 Å². The van der Waals surface area contributed by atoms with Crippen LogP contribution in [0.5, 0.6) is 0 Å². The van der Waals surface area contributed by atoms with Gasteiger partial charge in [-0.1, -0.05) is 30.7 Å². The van der Waals surface area contributed by atoms with Crippen LogP contribution >= 0.6 is 11.6 Å². The van der Waals surface area contributed by atoms with Gasteiger partial charge in [-0.2, -0.15) is 0 Å². The summed E-state index contributed by atoms with van der Waals surface area (Å²) in [5, 5.41) is 4.50. The second-order valence-electron chi connectivity index (χ2n) is 5.53. The Hall–Kier alpha value is -0.570. The van der Waals surface area contributed by atoms with E-state index in [2.05, 4.69) is 31.3 Å². The molecule has 1 aromatic rings. The molecule has 1 aliphatic rings. The highest BCUT2D eigenvalue weighted by Crippen LogP contribution is 2.25. The molecule has 3 atom stereocenters. The van der Waals surface area contributed by atoms with E-state index in [1.807, 2.05) is 12.1 Å². The smallest absolute Gasteiger partial charge is 0.0551 e. The largest absolute Gasteiger partial charge is 0.378 e. The fraction of sp³-hybridized carbons (Fsp3) is 0.625. The minimum Gasteiger partial charge on any atom is -0.378 e. The lowest BCUT2D eigenvalue weighted by molar-refractivity contribution is 0.117. The lowest BCUT2D eigenvalue weighted by Crippen LogP contribution is -2.39. The highest BCUT2D eigenvalue weighted by atomic mass is 35.5. The van der Waals surface area contributed by atoms with Crippen LogP contribution in [-0.4, -0.2) is 25.3 Å². The molecule has 0 aromatic heterocycles. The molecule has 1 aromatic carbocycles. The van der Waals surface area contributed by atoms with Gasteiger partial charge in [-0.05, 0) is 50.4 Å². The molecule has 1 N–H and O–H groups in total. The van der Waals surface area contributed by atoms with E-state index in [0.717, 1.165) is 37.4 Å². The van der Waals surface area contributed by atoms with Crippen molar-refractivity contribution in [1.29, 1.82) is 0 Å². The monoisotopic (exact) mass is 281 g/mol. The number of rotatable bonds is 6. The minimum absolute atomic E-state index is 0.398. The van der Waals surface area contributed by atoms with E-state index in [1.165, 1.54) is 5.56 Å². The summed E-state index contributed by atoms with van der Waals surface area (Å²) in [5.41, 5.74) is 1.31. The Balaban J connectivity index is 2.00. The van der Waals surface area contributed by atoms with Crippen molar-refractivity contribution in [3.63, 3.8) is 0 Å². The first-order chi connectivity index (χ1) is 9.19. The molecular weight excluding hydrogens is 258 g/mol. The maximum absolute atomic E-state index is 6.07. The van der Waals surface area contributed by atoms with Crippen LogP contribution in [0, 0.1) is 5.92 Å². The summed E-state index contributed by atoms with van der Waals surface area (Å²) in [6.07, 6.45) is 3.74. The van der Waals surface area contributed by atoms with Crippen LogP contribution in [0.1, 0.15) is 32.3 Å². The fourth-order valence-electron chi connectivity index (χ4n) is 2.78. The van der Waals surface area contributed by atoms with Crippen molar-refractivity contribution < 1.29 is 4.74 Å². The Labute approximate surface area is 121 Å². The first kappa shape index (κ1) is 14.8.